The summed E-state index contributed by atoms with van der Waals surface area (Å²) >= 11 is 0. The van der Waals surface area contributed by atoms with Gasteiger partial charge in [-0.15, -0.1) is 0 Å². The third-order valence-corrected chi connectivity index (χ3v) is 1.15. The second-order valence-electron chi connectivity index (χ2n) is 1.79. The van der Waals surface area contributed by atoms with Gasteiger partial charge < -0.3 is 5.32 Å². The second-order valence-corrected chi connectivity index (χ2v) is 1.79. The van der Waals surface area contributed by atoms with Gasteiger partial charge in [0.25, 0.3) is 0 Å². The molecule has 0 aliphatic carbocycles. The van der Waals surface area contributed by atoms with E-state index in [-0.39, 0.29) is 0 Å². The topological polar surface area (TPSA) is 17.1 Å². The zero-order valence-electron chi connectivity index (χ0n) is 4.43. The van der Waals surface area contributed by atoms with Crippen LogP contribution in [0.2, 0.25) is 0 Å². The molecular weight excluding hydrogens is 88.1 g/mol. The average Bonchev–Trinajstić information content (AvgIpc) is 1.69. The van der Waals surface area contributed by atoms with E-state index in [1.54, 1.807) is 0 Å². The Morgan fingerprint density at radius 2 is 1.86 bits per heavy atom. The van der Waals surface area contributed by atoms with Crippen molar-refractivity contribution in [1.82, 2.24) is 0 Å². The van der Waals surface area contributed by atoms with Crippen LogP contribution in [0.1, 0.15) is 0 Å². The molecule has 0 N–H and O–H groups in total. The fourth-order valence-corrected chi connectivity index (χ4v) is 0.648. The van der Waals surface area contributed by atoms with Gasteiger partial charge in [0.1, 0.15) is 19.8 Å². The van der Waals surface area contributed by atoms with Crippen molar-refractivity contribution in [3.63, 3.8) is 0 Å². The summed E-state index contributed by atoms with van der Waals surface area (Å²) in [7, 11) is 0. The van der Waals surface area contributed by atoms with Gasteiger partial charge in [0, 0.05) is 0 Å². The summed E-state index contributed by atoms with van der Waals surface area (Å²) in [6, 6.07) is 0. The zero-order valence-corrected chi connectivity index (χ0v) is 4.43. The lowest BCUT2D eigenvalue weighted by Crippen LogP contribution is -2.23. The fourth-order valence-electron chi connectivity index (χ4n) is 0.648. The molecule has 40 valence electrons. The van der Waals surface area contributed by atoms with Crippen molar-refractivity contribution in [1.29, 1.82) is 0 Å². The summed E-state index contributed by atoms with van der Waals surface area (Å²) in [5, 5.41) is 4.15. The maximum absolute atomic E-state index is 4.15. The normalized spacial score (nSPS) is 22.6. The summed E-state index contributed by atoms with van der Waals surface area (Å²) in [6.07, 6.45) is 0. The molecule has 1 aliphatic rings. The number of nitrogens with zero attached hydrogens (tertiary/aromatic N) is 2. The zero-order chi connectivity index (χ0) is 5.11. The fraction of sp³-hybridized carbons (Fsp3) is 0.800. The monoisotopic (exact) mass is 98.1 g/mol. The van der Waals surface area contributed by atoms with Gasteiger partial charge in [-0.25, -0.2) is 4.58 Å². The first-order valence-corrected chi connectivity index (χ1v) is 2.58. The minimum absolute atomic E-state index is 0.976. The molecule has 0 atom stereocenters. The molecule has 2 heteroatoms. The van der Waals surface area contributed by atoms with E-state index in [4.69, 9.17) is 0 Å². The van der Waals surface area contributed by atoms with E-state index in [1.165, 1.54) is 0 Å². The van der Waals surface area contributed by atoms with Crippen LogP contribution in [-0.2, 0) is 0 Å². The summed E-state index contributed by atoms with van der Waals surface area (Å²) in [5.74, 6) is 0. The first-order valence-electron chi connectivity index (χ1n) is 2.58. The van der Waals surface area contributed by atoms with Crippen LogP contribution < -0.4 is 0 Å². The van der Waals surface area contributed by atoms with Crippen LogP contribution in [-0.4, -0.2) is 37.5 Å². The van der Waals surface area contributed by atoms with Crippen LogP contribution in [0.3, 0.4) is 0 Å². The van der Waals surface area contributed by atoms with E-state index in [1.807, 2.05) is 4.58 Å². The van der Waals surface area contributed by atoms with Crippen molar-refractivity contribution in [3.05, 3.63) is 5.32 Å². The molecular formula is C5H10N2. The maximum atomic E-state index is 4.15. The van der Waals surface area contributed by atoms with E-state index in [2.05, 4.69) is 12.0 Å². The van der Waals surface area contributed by atoms with Crippen LogP contribution >= 0.6 is 0 Å². The van der Waals surface area contributed by atoms with E-state index in [0.29, 0.717) is 0 Å². The molecule has 1 aliphatic heterocycles. The van der Waals surface area contributed by atoms with Crippen LogP contribution in [0.15, 0.2) is 0 Å². The van der Waals surface area contributed by atoms with Crippen LogP contribution in [0.5, 0.6) is 0 Å². The molecule has 1 saturated heterocycles. The lowest BCUT2D eigenvalue weighted by molar-refractivity contribution is -0.517. The summed E-state index contributed by atoms with van der Waals surface area (Å²) in [4.78, 5) is 0. The number of piperazine rings is 1. The lowest BCUT2D eigenvalue weighted by Gasteiger charge is -2.21. The van der Waals surface area contributed by atoms with Crippen molar-refractivity contribution < 1.29 is 4.58 Å². The molecule has 0 bridgehead atoms. The van der Waals surface area contributed by atoms with E-state index in [9.17, 15) is 0 Å². The Hall–Kier alpha value is -0.370. The van der Waals surface area contributed by atoms with Gasteiger partial charge >= 0.3 is 0 Å². The van der Waals surface area contributed by atoms with E-state index >= 15 is 0 Å². The highest BCUT2D eigenvalue weighted by Crippen LogP contribution is 1.92. The molecule has 0 aromatic heterocycles. The van der Waals surface area contributed by atoms with Gasteiger partial charge in [-0.05, 0) is 0 Å². The highest BCUT2D eigenvalue weighted by molar-refractivity contribution is 5.15. The predicted octanol–water partition coefficient (Wildman–Crippen LogP) is 0.0868. The third kappa shape index (κ3) is 1.27. The molecule has 1 rings (SSSR count). The predicted molar refractivity (Wildman–Crippen MR) is 30.2 cm³/mol. The van der Waals surface area contributed by atoms with Crippen molar-refractivity contribution in [2.45, 2.75) is 0 Å². The molecule has 0 radical (unpaired) electrons. The van der Waals surface area contributed by atoms with Gasteiger partial charge in [0.15, 0.2) is 0 Å². The van der Waals surface area contributed by atoms with E-state index in [0.717, 1.165) is 26.2 Å². The molecule has 0 aromatic carbocycles. The lowest BCUT2D eigenvalue weighted by atomic mass is 10.4. The first-order chi connectivity index (χ1) is 3.39. The van der Waals surface area contributed by atoms with Crippen molar-refractivity contribution >= 4 is 6.72 Å². The van der Waals surface area contributed by atoms with Crippen molar-refractivity contribution in [3.8, 4) is 0 Å². The Morgan fingerprint density at radius 3 is 2.14 bits per heavy atom. The SMILES string of the molecule is C=[N+]1CC[N-]CC1. The van der Waals surface area contributed by atoms with Gasteiger partial charge in [0.2, 0.25) is 0 Å². The number of rotatable bonds is 0. The minimum atomic E-state index is 0.976. The van der Waals surface area contributed by atoms with Crippen LogP contribution in [0.25, 0.3) is 5.32 Å². The molecule has 7 heavy (non-hydrogen) atoms. The molecule has 0 amide bonds. The van der Waals surface area contributed by atoms with Crippen molar-refractivity contribution in [2.24, 2.45) is 0 Å². The number of hydrogen-bond donors (Lipinski definition) is 0. The second kappa shape index (κ2) is 2.07. The first kappa shape index (κ1) is 4.78. The molecule has 0 saturated carbocycles. The van der Waals surface area contributed by atoms with Gasteiger partial charge in [-0.2, -0.15) is 0 Å². The molecule has 0 spiro atoms. The van der Waals surface area contributed by atoms with Gasteiger partial charge in [-0.1, -0.05) is 13.1 Å². The summed E-state index contributed by atoms with van der Waals surface area (Å²) in [5.41, 5.74) is 0. The van der Waals surface area contributed by atoms with Crippen LogP contribution in [0.4, 0.5) is 0 Å². The minimum Gasteiger partial charge on any atom is -0.652 e. The quantitative estimate of drug-likeness (QED) is 0.382. The highest BCUT2D eigenvalue weighted by Gasteiger charge is 1.95. The molecule has 0 aromatic rings. The summed E-state index contributed by atoms with van der Waals surface area (Å²) < 4.78 is 2.05. The molecule has 1 fully saturated rings. The Morgan fingerprint density at radius 1 is 1.29 bits per heavy atom. The molecule has 2 nitrogen and oxygen atoms in total. The van der Waals surface area contributed by atoms with E-state index < -0.39 is 0 Å². The van der Waals surface area contributed by atoms with Crippen molar-refractivity contribution in [2.75, 3.05) is 26.2 Å². The average molecular weight is 98.1 g/mol. The maximum Gasteiger partial charge on any atom is 0.126 e. The summed E-state index contributed by atoms with van der Waals surface area (Å²) in [6.45, 7) is 7.81. The largest absolute Gasteiger partial charge is 0.652 e. The standard InChI is InChI=1S/C5H10N2/c1-7-4-2-6-3-5-7/h1-5H2. The smallest absolute Gasteiger partial charge is 0.126 e. The number of hydrogen-bond acceptors (Lipinski definition) is 0. The Kier molecular flexibility index (Phi) is 1.42. The molecule has 1 heterocycles. The Labute approximate surface area is 43.8 Å². The third-order valence-electron chi connectivity index (χ3n) is 1.15. The van der Waals surface area contributed by atoms with Gasteiger partial charge in [0.05, 0.1) is 0 Å². The van der Waals surface area contributed by atoms with Crippen LogP contribution in [0, 0.1) is 0 Å². The van der Waals surface area contributed by atoms with Gasteiger partial charge in [-0.3, -0.25) is 0 Å². The molecule has 0 unspecified atom stereocenters. The Bertz CT molecular complexity index is 70.1. The Balaban J connectivity index is 2.25. The highest BCUT2D eigenvalue weighted by atomic mass is 15.1.